The number of hydrogen-bond donors (Lipinski definition) is 0. The van der Waals surface area contributed by atoms with Gasteiger partial charge < -0.3 is 4.90 Å². The summed E-state index contributed by atoms with van der Waals surface area (Å²) in [7, 11) is 0. The van der Waals surface area contributed by atoms with Crippen LogP contribution >= 0.6 is 0 Å². The van der Waals surface area contributed by atoms with Gasteiger partial charge in [0.25, 0.3) is 0 Å². The van der Waals surface area contributed by atoms with E-state index in [-0.39, 0.29) is 0 Å². The molecule has 1 saturated heterocycles. The summed E-state index contributed by atoms with van der Waals surface area (Å²) < 4.78 is 0. The largest absolute Gasteiger partial charge is 0.372 e. The van der Waals surface area contributed by atoms with Gasteiger partial charge in [-0.25, -0.2) is 0 Å². The van der Waals surface area contributed by atoms with Gasteiger partial charge in [-0.2, -0.15) is 0 Å². The van der Waals surface area contributed by atoms with E-state index in [9.17, 15) is 0 Å². The molecule has 1 aliphatic heterocycles. The van der Waals surface area contributed by atoms with Gasteiger partial charge >= 0.3 is 0 Å². The van der Waals surface area contributed by atoms with Crippen LogP contribution in [-0.2, 0) is 0 Å². The summed E-state index contributed by atoms with van der Waals surface area (Å²) in [6.45, 7) is 24.4. The first-order valence-corrected chi connectivity index (χ1v) is 7.76. The molecule has 0 bridgehead atoms. The molecule has 0 aromatic heterocycles. The van der Waals surface area contributed by atoms with Crippen molar-refractivity contribution in [3.8, 4) is 0 Å². The molecule has 1 nitrogen and oxygen atoms in total. The highest BCUT2D eigenvalue weighted by Crippen LogP contribution is 2.42. The van der Waals surface area contributed by atoms with Crippen LogP contribution < -0.4 is 0 Å². The number of hydrogen-bond acceptors (Lipinski definition) is 1. The van der Waals surface area contributed by atoms with Crippen LogP contribution in [0, 0.1) is 16.2 Å². The Labute approximate surface area is 121 Å². The van der Waals surface area contributed by atoms with E-state index in [1.807, 2.05) is 0 Å². The van der Waals surface area contributed by atoms with E-state index in [1.54, 1.807) is 0 Å². The summed E-state index contributed by atoms with van der Waals surface area (Å²) in [5.74, 6) is 0. The predicted octanol–water partition coefficient (Wildman–Crippen LogP) is 5.47. The smallest absolute Gasteiger partial charge is 0.0340 e. The molecular weight excluding hydrogens is 230 g/mol. The molecular formula is C18H35N. The van der Waals surface area contributed by atoms with Crippen molar-refractivity contribution >= 4 is 0 Å². The van der Waals surface area contributed by atoms with Crippen molar-refractivity contribution in [2.75, 3.05) is 6.54 Å². The van der Waals surface area contributed by atoms with Crippen LogP contribution in [0.25, 0.3) is 0 Å². The molecule has 1 rings (SSSR count). The van der Waals surface area contributed by atoms with Crippen molar-refractivity contribution in [1.82, 2.24) is 4.90 Å². The van der Waals surface area contributed by atoms with Crippen LogP contribution in [0.2, 0.25) is 0 Å². The Morgan fingerprint density at radius 2 is 1.68 bits per heavy atom. The highest BCUT2D eigenvalue weighted by molar-refractivity contribution is 5.07. The van der Waals surface area contributed by atoms with Gasteiger partial charge in [0.05, 0.1) is 0 Å². The summed E-state index contributed by atoms with van der Waals surface area (Å²) in [6, 6.07) is 0.594. The third kappa shape index (κ3) is 4.85. The molecule has 0 aromatic rings. The maximum absolute atomic E-state index is 4.38. The molecule has 1 unspecified atom stereocenters. The van der Waals surface area contributed by atoms with Crippen LogP contribution in [0.1, 0.15) is 74.7 Å². The fourth-order valence-corrected chi connectivity index (χ4v) is 3.16. The van der Waals surface area contributed by atoms with Gasteiger partial charge in [0.15, 0.2) is 0 Å². The molecule has 1 atom stereocenters. The van der Waals surface area contributed by atoms with Gasteiger partial charge in [0, 0.05) is 18.3 Å². The van der Waals surface area contributed by atoms with Crippen LogP contribution in [0.15, 0.2) is 12.3 Å². The summed E-state index contributed by atoms with van der Waals surface area (Å²) in [6.07, 6.45) is 3.66. The number of nitrogens with zero attached hydrogens (tertiary/aromatic N) is 1. The van der Waals surface area contributed by atoms with E-state index in [4.69, 9.17) is 0 Å². The van der Waals surface area contributed by atoms with E-state index in [0.29, 0.717) is 22.3 Å². The molecule has 0 aliphatic carbocycles. The van der Waals surface area contributed by atoms with Gasteiger partial charge in [0.2, 0.25) is 0 Å². The molecule has 19 heavy (non-hydrogen) atoms. The lowest BCUT2D eigenvalue weighted by atomic mass is 9.73. The van der Waals surface area contributed by atoms with E-state index < -0.39 is 0 Å². The van der Waals surface area contributed by atoms with Crippen LogP contribution in [0.3, 0.4) is 0 Å². The molecule has 1 fully saturated rings. The van der Waals surface area contributed by atoms with Crippen molar-refractivity contribution in [3.63, 3.8) is 0 Å². The van der Waals surface area contributed by atoms with Gasteiger partial charge in [-0.15, -0.1) is 0 Å². The summed E-state index contributed by atoms with van der Waals surface area (Å²) in [5, 5.41) is 0. The molecule has 0 spiro atoms. The molecule has 0 aromatic carbocycles. The molecule has 0 radical (unpaired) electrons. The Kier molecular flexibility index (Phi) is 4.49. The van der Waals surface area contributed by atoms with Crippen LogP contribution in [0.5, 0.6) is 0 Å². The lowest BCUT2D eigenvalue weighted by Gasteiger charge is -2.50. The predicted molar refractivity (Wildman–Crippen MR) is 86.2 cm³/mol. The molecule has 0 N–H and O–H groups in total. The maximum Gasteiger partial charge on any atom is 0.0340 e. The summed E-state index contributed by atoms with van der Waals surface area (Å²) >= 11 is 0. The van der Waals surface area contributed by atoms with Crippen molar-refractivity contribution in [3.05, 3.63) is 12.3 Å². The highest BCUT2D eigenvalue weighted by Gasteiger charge is 2.38. The van der Waals surface area contributed by atoms with Crippen molar-refractivity contribution < 1.29 is 0 Å². The van der Waals surface area contributed by atoms with Gasteiger partial charge in [-0.05, 0) is 35.5 Å². The lowest BCUT2D eigenvalue weighted by Crippen LogP contribution is -2.49. The number of piperidine rings is 1. The molecule has 1 aliphatic rings. The average Bonchev–Trinajstić information content (AvgIpc) is 2.10. The van der Waals surface area contributed by atoms with Crippen LogP contribution in [0.4, 0.5) is 0 Å². The minimum absolute atomic E-state index is 0.303. The zero-order chi connectivity index (χ0) is 15.1. The molecule has 1 heteroatoms. The van der Waals surface area contributed by atoms with E-state index in [2.05, 4.69) is 66.9 Å². The van der Waals surface area contributed by atoms with E-state index >= 15 is 0 Å². The SMILES string of the molecule is C=C1CC(C)(C)CCN1C(CC(C)(C)C)C(C)(C)C. The normalized spacial score (nSPS) is 22.5. The minimum atomic E-state index is 0.303. The van der Waals surface area contributed by atoms with Gasteiger partial charge in [0.1, 0.15) is 0 Å². The topological polar surface area (TPSA) is 3.24 Å². The Balaban J connectivity index is 2.91. The summed E-state index contributed by atoms with van der Waals surface area (Å²) in [4.78, 5) is 2.61. The number of allylic oxidation sites excluding steroid dienone is 1. The standard InChI is InChI=1S/C18H35N/c1-14-12-18(8,9)10-11-19(14)15(17(5,6)7)13-16(2,3)4/h15H,1,10-13H2,2-9H3. The van der Waals surface area contributed by atoms with Crippen molar-refractivity contribution in [2.24, 2.45) is 16.2 Å². The second-order valence-electron chi connectivity index (χ2n) is 9.50. The quantitative estimate of drug-likeness (QED) is 0.639. The summed E-state index contributed by atoms with van der Waals surface area (Å²) in [5.41, 5.74) is 2.45. The van der Waals surface area contributed by atoms with Crippen molar-refractivity contribution in [1.29, 1.82) is 0 Å². The monoisotopic (exact) mass is 265 g/mol. The Morgan fingerprint density at radius 1 is 1.16 bits per heavy atom. The highest BCUT2D eigenvalue weighted by atomic mass is 15.2. The van der Waals surface area contributed by atoms with Crippen molar-refractivity contribution in [2.45, 2.75) is 80.7 Å². The van der Waals surface area contributed by atoms with E-state index in [1.165, 1.54) is 25.1 Å². The first kappa shape index (κ1) is 16.6. The van der Waals surface area contributed by atoms with Crippen LogP contribution in [-0.4, -0.2) is 17.5 Å². The lowest BCUT2D eigenvalue weighted by molar-refractivity contribution is 0.0533. The first-order valence-electron chi connectivity index (χ1n) is 7.76. The van der Waals surface area contributed by atoms with E-state index in [0.717, 1.165) is 6.42 Å². The molecule has 112 valence electrons. The fraction of sp³-hybridized carbons (Fsp3) is 0.889. The zero-order valence-corrected chi connectivity index (χ0v) is 14.6. The second kappa shape index (κ2) is 5.14. The third-order valence-electron chi connectivity index (χ3n) is 4.30. The minimum Gasteiger partial charge on any atom is -0.372 e. The fourth-order valence-electron chi connectivity index (χ4n) is 3.16. The van der Waals surface area contributed by atoms with Gasteiger partial charge in [-0.3, -0.25) is 0 Å². The first-order chi connectivity index (χ1) is 8.32. The Morgan fingerprint density at radius 3 is 2.05 bits per heavy atom. The van der Waals surface area contributed by atoms with Gasteiger partial charge in [-0.1, -0.05) is 62.0 Å². The number of likely N-dealkylation sites (tertiary alicyclic amines) is 1. The third-order valence-corrected chi connectivity index (χ3v) is 4.30. The molecule has 0 saturated carbocycles. The Bertz CT molecular complexity index is 325. The zero-order valence-electron chi connectivity index (χ0n) is 14.6. The number of rotatable bonds is 2. The Hall–Kier alpha value is -0.460. The molecule has 1 heterocycles. The maximum atomic E-state index is 4.38. The second-order valence-corrected chi connectivity index (χ2v) is 9.50. The molecule has 0 amide bonds. The average molecular weight is 265 g/mol.